The molecule has 2 amide bonds. The van der Waals surface area contributed by atoms with E-state index in [2.05, 4.69) is 5.32 Å². The molecule has 1 saturated carbocycles. The Labute approximate surface area is 241 Å². The number of ketones is 1. The fourth-order valence-corrected chi connectivity index (χ4v) is 4.44. The summed E-state index contributed by atoms with van der Waals surface area (Å²) >= 11 is 0. The molecule has 0 unspecified atom stereocenters. The molecule has 3 aromatic rings. The van der Waals surface area contributed by atoms with Gasteiger partial charge >= 0.3 is 6.09 Å². The third-order valence-electron chi connectivity index (χ3n) is 6.66. The fourth-order valence-electron chi connectivity index (χ4n) is 4.44. The normalized spacial score (nSPS) is 12.8. The Hall–Kier alpha value is -4.33. The van der Waals surface area contributed by atoms with Gasteiger partial charge in [-0.25, -0.2) is 4.79 Å². The third kappa shape index (κ3) is 8.58. The van der Waals surface area contributed by atoms with Crippen molar-refractivity contribution >= 4 is 23.5 Å². The van der Waals surface area contributed by atoms with Gasteiger partial charge in [0.15, 0.2) is 5.78 Å². The lowest BCUT2D eigenvalue weighted by Gasteiger charge is -2.27. The van der Waals surface area contributed by atoms with Crippen LogP contribution in [0.5, 0.6) is 11.5 Å². The molecule has 1 fully saturated rings. The van der Waals surface area contributed by atoms with E-state index in [1.54, 1.807) is 43.4 Å². The summed E-state index contributed by atoms with van der Waals surface area (Å²) in [6.07, 6.45) is 1.59. The number of nitrogens with zero attached hydrogens (tertiary/aromatic N) is 1. The quantitative estimate of drug-likeness (QED) is 0.207. The van der Waals surface area contributed by atoms with Crippen LogP contribution in [-0.4, -0.2) is 49.0 Å². The molecule has 0 atom stereocenters. The molecule has 216 valence electrons. The van der Waals surface area contributed by atoms with Gasteiger partial charge in [-0.05, 0) is 74.9 Å². The molecular weight excluding hydrogens is 520 g/mol. The summed E-state index contributed by atoms with van der Waals surface area (Å²) in [7, 11) is 3.19. The highest BCUT2D eigenvalue weighted by molar-refractivity contribution is 6.11. The van der Waals surface area contributed by atoms with Crippen molar-refractivity contribution in [3.63, 3.8) is 0 Å². The summed E-state index contributed by atoms with van der Waals surface area (Å²) in [6, 6.07) is 19.9. The van der Waals surface area contributed by atoms with Crippen LogP contribution in [0.3, 0.4) is 0 Å². The van der Waals surface area contributed by atoms with Gasteiger partial charge < -0.3 is 24.4 Å². The molecule has 1 aliphatic carbocycles. The molecule has 0 heterocycles. The van der Waals surface area contributed by atoms with Gasteiger partial charge in [-0.2, -0.15) is 0 Å². The van der Waals surface area contributed by atoms with E-state index >= 15 is 0 Å². The van der Waals surface area contributed by atoms with Crippen LogP contribution in [0.1, 0.15) is 56.0 Å². The minimum atomic E-state index is -0.579. The zero-order valence-electron chi connectivity index (χ0n) is 24.4. The van der Waals surface area contributed by atoms with Crippen molar-refractivity contribution in [1.82, 2.24) is 4.90 Å². The topological polar surface area (TPSA) is 94.2 Å². The molecule has 41 heavy (non-hydrogen) atoms. The highest BCUT2D eigenvalue weighted by atomic mass is 16.6. The average molecular weight is 559 g/mol. The zero-order valence-corrected chi connectivity index (χ0v) is 24.4. The maximum Gasteiger partial charge on any atom is 0.410 e. The first-order valence-corrected chi connectivity index (χ1v) is 13.8. The molecule has 1 aliphatic rings. The molecule has 0 aliphatic heterocycles. The van der Waals surface area contributed by atoms with Crippen molar-refractivity contribution in [2.45, 2.75) is 52.2 Å². The van der Waals surface area contributed by atoms with Crippen molar-refractivity contribution in [2.24, 2.45) is 5.92 Å². The second kappa shape index (κ2) is 12.9. The molecule has 0 saturated heterocycles. The number of Topliss-reactive ketones (excluding diaryl/α,β-unsaturated/α-hetero) is 1. The lowest BCUT2D eigenvalue weighted by atomic mass is 10.0. The van der Waals surface area contributed by atoms with Crippen LogP contribution in [0.25, 0.3) is 11.1 Å². The van der Waals surface area contributed by atoms with Crippen LogP contribution < -0.4 is 14.8 Å². The number of hydrogen-bond acceptors (Lipinski definition) is 6. The maximum absolute atomic E-state index is 12.8. The average Bonchev–Trinajstić information content (AvgIpc) is 3.75. The molecule has 0 aromatic heterocycles. The van der Waals surface area contributed by atoms with Crippen LogP contribution in [0.4, 0.5) is 10.5 Å². The first kappa shape index (κ1) is 29.6. The SMILES string of the molecule is COc1ccc(-c2ccc(C(=O)CC(=O)Nc3cccc(CN(CC4CC4)C(=O)OC(C)(C)C)c3)cc2)c(OC)c1. The molecular formula is C33H38N2O6. The van der Waals surface area contributed by atoms with Crippen molar-refractivity contribution in [3.8, 4) is 22.6 Å². The van der Waals surface area contributed by atoms with Crippen molar-refractivity contribution in [1.29, 1.82) is 0 Å². The number of anilines is 1. The molecule has 0 radical (unpaired) electrons. The number of hydrogen-bond donors (Lipinski definition) is 1. The Bertz CT molecular complexity index is 1390. The summed E-state index contributed by atoms with van der Waals surface area (Å²) in [5, 5.41) is 2.82. The van der Waals surface area contributed by atoms with Gasteiger partial charge in [0.2, 0.25) is 5.91 Å². The Morgan fingerprint density at radius 3 is 2.29 bits per heavy atom. The van der Waals surface area contributed by atoms with Crippen LogP contribution in [0, 0.1) is 5.92 Å². The molecule has 8 nitrogen and oxygen atoms in total. The number of carbonyl (C=O) groups is 3. The molecule has 8 heteroatoms. The standard InChI is InChI=1S/C33H38N2O6/c1-33(2,3)41-32(38)35(20-22-9-10-22)21-23-7-6-8-26(17-23)34-31(37)19-29(36)25-13-11-24(12-14-25)28-16-15-27(39-4)18-30(28)40-5/h6-8,11-18,22H,9-10,19-21H2,1-5H3,(H,34,37). The summed E-state index contributed by atoms with van der Waals surface area (Å²) in [5.74, 6) is 1.16. The van der Waals surface area contributed by atoms with Gasteiger partial charge in [-0.3, -0.25) is 9.59 Å². The third-order valence-corrected chi connectivity index (χ3v) is 6.66. The van der Waals surface area contributed by atoms with Crippen LogP contribution in [0.15, 0.2) is 66.7 Å². The van der Waals surface area contributed by atoms with E-state index < -0.39 is 11.5 Å². The van der Waals surface area contributed by atoms with Gasteiger partial charge in [0.05, 0.1) is 20.6 Å². The summed E-state index contributed by atoms with van der Waals surface area (Å²) < 4.78 is 16.3. The van der Waals surface area contributed by atoms with E-state index in [0.29, 0.717) is 41.8 Å². The minimum Gasteiger partial charge on any atom is -0.497 e. The number of amides is 2. The maximum atomic E-state index is 12.8. The van der Waals surface area contributed by atoms with Crippen molar-refractivity contribution < 1.29 is 28.6 Å². The van der Waals surface area contributed by atoms with E-state index in [1.165, 1.54) is 0 Å². The Kier molecular flexibility index (Phi) is 9.32. The number of nitrogens with one attached hydrogen (secondary N) is 1. The first-order valence-electron chi connectivity index (χ1n) is 13.8. The minimum absolute atomic E-state index is 0.285. The Morgan fingerprint density at radius 1 is 0.927 bits per heavy atom. The number of methoxy groups -OCH3 is 2. The van der Waals surface area contributed by atoms with Gasteiger partial charge in [-0.15, -0.1) is 0 Å². The molecule has 1 N–H and O–H groups in total. The summed E-state index contributed by atoms with van der Waals surface area (Å²) in [4.78, 5) is 40.1. The van der Waals surface area contributed by atoms with Crippen LogP contribution in [0.2, 0.25) is 0 Å². The van der Waals surface area contributed by atoms with E-state index in [9.17, 15) is 14.4 Å². The van der Waals surface area contributed by atoms with Gasteiger partial charge in [-0.1, -0.05) is 36.4 Å². The molecule has 0 bridgehead atoms. The molecule has 3 aromatic carbocycles. The van der Waals surface area contributed by atoms with Crippen LogP contribution in [-0.2, 0) is 16.1 Å². The number of ether oxygens (including phenoxy) is 3. The molecule has 4 rings (SSSR count). The predicted octanol–water partition coefficient (Wildman–Crippen LogP) is 6.73. The van der Waals surface area contributed by atoms with E-state index in [-0.39, 0.29) is 18.3 Å². The van der Waals surface area contributed by atoms with Crippen LogP contribution >= 0.6 is 0 Å². The summed E-state index contributed by atoms with van der Waals surface area (Å²) in [5.41, 5.74) is 3.04. The Balaban J connectivity index is 1.37. The van der Waals surface area contributed by atoms with Gasteiger partial charge in [0.1, 0.15) is 17.1 Å². The Morgan fingerprint density at radius 2 is 1.66 bits per heavy atom. The second-order valence-electron chi connectivity index (χ2n) is 11.3. The van der Waals surface area contributed by atoms with E-state index in [0.717, 1.165) is 29.5 Å². The monoisotopic (exact) mass is 558 g/mol. The number of rotatable bonds is 11. The molecule has 0 spiro atoms. The van der Waals surface area contributed by atoms with Gasteiger partial charge in [0, 0.05) is 36.0 Å². The fraction of sp³-hybridized carbons (Fsp3) is 0.364. The van der Waals surface area contributed by atoms with E-state index in [4.69, 9.17) is 14.2 Å². The van der Waals surface area contributed by atoms with Crippen molar-refractivity contribution in [2.75, 3.05) is 26.1 Å². The number of benzene rings is 3. The highest BCUT2D eigenvalue weighted by Gasteiger charge is 2.29. The highest BCUT2D eigenvalue weighted by Crippen LogP contribution is 2.34. The zero-order chi connectivity index (χ0) is 29.6. The lowest BCUT2D eigenvalue weighted by Crippen LogP contribution is -2.37. The number of carbonyl (C=O) groups excluding carboxylic acids is 3. The predicted molar refractivity (Wildman–Crippen MR) is 158 cm³/mol. The largest absolute Gasteiger partial charge is 0.497 e. The second-order valence-corrected chi connectivity index (χ2v) is 11.3. The smallest absolute Gasteiger partial charge is 0.410 e. The summed E-state index contributed by atoms with van der Waals surface area (Å²) in [6.45, 7) is 6.57. The lowest BCUT2D eigenvalue weighted by molar-refractivity contribution is -0.115. The van der Waals surface area contributed by atoms with Crippen molar-refractivity contribution in [3.05, 3.63) is 77.9 Å². The van der Waals surface area contributed by atoms with E-state index in [1.807, 2.05) is 63.2 Å². The van der Waals surface area contributed by atoms with Gasteiger partial charge in [0.25, 0.3) is 0 Å². The first-order chi connectivity index (χ1) is 19.5.